The summed E-state index contributed by atoms with van der Waals surface area (Å²) in [5.74, 6) is -1.68. The Morgan fingerprint density at radius 3 is 2.56 bits per heavy atom. The summed E-state index contributed by atoms with van der Waals surface area (Å²) in [6, 6.07) is 6.06. The summed E-state index contributed by atoms with van der Waals surface area (Å²) >= 11 is 0. The Bertz CT molecular complexity index is 1560. The lowest BCUT2D eigenvalue weighted by molar-refractivity contribution is -0.269. The monoisotopic (exact) mass is 500 g/mol. The highest BCUT2D eigenvalue weighted by atomic mass is 19.3. The number of pyridine rings is 1. The van der Waals surface area contributed by atoms with E-state index in [9.17, 15) is 22.4 Å². The Hall–Kier alpha value is -3.93. The molecule has 0 N–H and O–H groups in total. The number of aryl methyl sites for hydroxylation is 2. The van der Waals surface area contributed by atoms with Crippen molar-refractivity contribution in [1.29, 1.82) is 0 Å². The van der Waals surface area contributed by atoms with Gasteiger partial charge in [-0.3, -0.25) is 14.3 Å². The largest absolute Gasteiger partial charge is 0.373 e. The molecule has 1 unspecified atom stereocenters. The molecule has 1 aliphatic rings. The molecule has 5 rings (SSSR count). The molecule has 1 fully saturated rings. The molecule has 0 radical (unpaired) electrons. The molecule has 0 amide bonds. The molecule has 36 heavy (non-hydrogen) atoms. The maximum atomic E-state index is 14.8. The first-order valence-corrected chi connectivity index (χ1v) is 11.0. The number of benzene rings is 1. The maximum absolute atomic E-state index is 14.8. The van der Waals surface area contributed by atoms with Crippen LogP contribution >= 0.6 is 0 Å². The Morgan fingerprint density at radius 1 is 1.06 bits per heavy atom. The number of hydrogen-bond acceptors (Lipinski definition) is 7. The van der Waals surface area contributed by atoms with Crippen LogP contribution in [0.3, 0.4) is 0 Å². The number of ether oxygens (including phenoxy) is 1. The van der Waals surface area contributed by atoms with Crippen LogP contribution in [0.15, 0.2) is 41.3 Å². The van der Waals surface area contributed by atoms with Gasteiger partial charge in [0.05, 0.1) is 6.54 Å². The Balaban J connectivity index is 1.70. The first kappa shape index (κ1) is 23.8. The highest BCUT2D eigenvalue weighted by molar-refractivity contribution is 5.89. The van der Waals surface area contributed by atoms with Gasteiger partial charge in [0.25, 0.3) is 5.56 Å². The summed E-state index contributed by atoms with van der Waals surface area (Å²) in [6.45, 7) is 2.33. The second-order valence-electron chi connectivity index (χ2n) is 8.57. The van der Waals surface area contributed by atoms with Gasteiger partial charge in [-0.1, -0.05) is 0 Å². The highest BCUT2D eigenvalue weighted by Gasteiger charge is 2.43. The van der Waals surface area contributed by atoms with Crippen molar-refractivity contribution in [3.63, 3.8) is 0 Å². The predicted octanol–water partition coefficient (Wildman–Crippen LogP) is 3.85. The normalized spacial score (nSPS) is 17.5. The Kier molecular flexibility index (Phi) is 5.70. The number of aromatic nitrogens is 5. The number of hydrogen-bond donors (Lipinski definition) is 0. The van der Waals surface area contributed by atoms with Crippen LogP contribution in [0.25, 0.3) is 22.3 Å². The van der Waals surface area contributed by atoms with Crippen molar-refractivity contribution < 1.29 is 22.3 Å². The average molecular weight is 500 g/mol. The number of halogens is 4. The standard InChI is InChI=1S/C24H20F4N6O2/c1-12-8-14(6-7-29-12)18-10-34(11-24(27,28)36-18)23-31-19(16-5-4-15(25)9-17(16)26)20-21(32-23)22(35)33(3)13(2)30-20/h4-9,18H,10-11H2,1-3H3. The molecule has 0 bridgehead atoms. The van der Waals surface area contributed by atoms with Crippen molar-refractivity contribution >= 4 is 17.0 Å². The van der Waals surface area contributed by atoms with Crippen LogP contribution in [0.1, 0.15) is 23.2 Å². The molecule has 1 saturated heterocycles. The van der Waals surface area contributed by atoms with E-state index < -0.39 is 36.0 Å². The molecule has 12 heteroatoms. The van der Waals surface area contributed by atoms with Gasteiger partial charge >= 0.3 is 6.11 Å². The van der Waals surface area contributed by atoms with Gasteiger partial charge in [0.15, 0.2) is 5.52 Å². The summed E-state index contributed by atoms with van der Waals surface area (Å²) in [5.41, 5.74) is 0.0736. The topological polar surface area (TPSA) is 86.0 Å². The first-order chi connectivity index (χ1) is 17.0. The summed E-state index contributed by atoms with van der Waals surface area (Å²) in [4.78, 5) is 31.2. The van der Waals surface area contributed by atoms with Gasteiger partial charge < -0.3 is 9.64 Å². The van der Waals surface area contributed by atoms with E-state index in [-0.39, 0.29) is 34.8 Å². The molecule has 3 aromatic heterocycles. The predicted molar refractivity (Wildman–Crippen MR) is 123 cm³/mol. The molecule has 4 heterocycles. The van der Waals surface area contributed by atoms with Crippen LogP contribution in [0.2, 0.25) is 0 Å². The third-order valence-corrected chi connectivity index (χ3v) is 5.98. The van der Waals surface area contributed by atoms with Crippen LogP contribution in [-0.2, 0) is 11.8 Å². The van der Waals surface area contributed by atoms with Crippen LogP contribution in [0.4, 0.5) is 23.5 Å². The van der Waals surface area contributed by atoms with Gasteiger partial charge in [-0.05, 0) is 43.7 Å². The first-order valence-electron chi connectivity index (χ1n) is 11.0. The van der Waals surface area contributed by atoms with E-state index in [1.807, 2.05) is 0 Å². The van der Waals surface area contributed by atoms with E-state index in [0.29, 0.717) is 23.1 Å². The summed E-state index contributed by atoms with van der Waals surface area (Å²) < 4.78 is 64.1. The zero-order valence-electron chi connectivity index (χ0n) is 19.5. The lowest BCUT2D eigenvalue weighted by Gasteiger charge is -2.37. The van der Waals surface area contributed by atoms with Crippen molar-refractivity contribution in [1.82, 2.24) is 24.5 Å². The van der Waals surface area contributed by atoms with E-state index >= 15 is 0 Å². The number of nitrogens with zero attached hydrogens (tertiary/aromatic N) is 6. The highest BCUT2D eigenvalue weighted by Crippen LogP contribution is 2.36. The second-order valence-corrected chi connectivity index (χ2v) is 8.57. The third kappa shape index (κ3) is 4.28. The van der Waals surface area contributed by atoms with Gasteiger partial charge in [-0.25, -0.2) is 23.7 Å². The SMILES string of the molecule is Cc1cc(C2CN(c3nc(-c4ccc(F)cc4F)c4nc(C)n(C)c(=O)c4n3)CC(F)(F)O2)ccn1. The second kappa shape index (κ2) is 8.63. The number of rotatable bonds is 3. The fourth-order valence-corrected chi connectivity index (χ4v) is 4.11. The van der Waals surface area contributed by atoms with E-state index in [1.165, 1.54) is 22.7 Å². The minimum atomic E-state index is -3.57. The third-order valence-electron chi connectivity index (χ3n) is 5.98. The molecule has 8 nitrogen and oxygen atoms in total. The maximum Gasteiger partial charge on any atom is 0.373 e. The fourth-order valence-electron chi connectivity index (χ4n) is 4.11. The van der Waals surface area contributed by atoms with E-state index in [1.54, 1.807) is 26.0 Å². The average Bonchev–Trinajstić information content (AvgIpc) is 2.81. The summed E-state index contributed by atoms with van der Waals surface area (Å²) in [5, 5.41) is 0. The number of anilines is 1. The Labute approximate surface area is 202 Å². The molecule has 0 saturated carbocycles. The van der Waals surface area contributed by atoms with Gasteiger partial charge in [0, 0.05) is 30.6 Å². The number of fused-ring (bicyclic) bond motifs is 1. The number of alkyl halides is 2. The molecule has 1 atom stereocenters. The van der Waals surface area contributed by atoms with E-state index in [0.717, 1.165) is 12.1 Å². The van der Waals surface area contributed by atoms with Crippen molar-refractivity contribution in [2.45, 2.75) is 26.1 Å². The minimum absolute atomic E-state index is 0.0220. The van der Waals surface area contributed by atoms with Gasteiger partial charge in [-0.2, -0.15) is 8.78 Å². The zero-order valence-corrected chi connectivity index (χ0v) is 19.5. The fraction of sp³-hybridized carbons (Fsp3) is 0.292. The van der Waals surface area contributed by atoms with Crippen molar-refractivity contribution in [2.24, 2.45) is 7.05 Å². The zero-order chi connectivity index (χ0) is 25.8. The van der Waals surface area contributed by atoms with Crippen molar-refractivity contribution in [2.75, 3.05) is 18.0 Å². The lowest BCUT2D eigenvalue weighted by atomic mass is 10.1. The van der Waals surface area contributed by atoms with Gasteiger partial charge in [0.1, 0.15) is 41.3 Å². The van der Waals surface area contributed by atoms with Crippen LogP contribution in [-0.4, -0.2) is 43.7 Å². The van der Waals surface area contributed by atoms with Crippen LogP contribution in [0, 0.1) is 25.5 Å². The van der Waals surface area contributed by atoms with Crippen molar-refractivity contribution in [3.8, 4) is 11.3 Å². The molecule has 1 aromatic carbocycles. The lowest BCUT2D eigenvalue weighted by Crippen LogP contribution is -2.49. The van der Waals surface area contributed by atoms with E-state index in [2.05, 4.69) is 19.9 Å². The molecule has 1 aliphatic heterocycles. The quantitative estimate of drug-likeness (QED) is 0.395. The van der Waals surface area contributed by atoms with Crippen molar-refractivity contribution in [3.05, 3.63) is 75.6 Å². The molecular formula is C24H20F4N6O2. The smallest absolute Gasteiger partial charge is 0.329 e. The molecular weight excluding hydrogens is 480 g/mol. The minimum Gasteiger partial charge on any atom is -0.329 e. The number of morpholine rings is 1. The molecule has 186 valence electrons. The summed E-state index contributed by atoms with van der Waals surface area (Å²) in [6.07, 6.45) is -3.14. The molecule has 4 aromatic rings. The van der Waals surface area contributed by atoms with Gasteiger partial charge in [-0.15, -0.1) is 0 Å². The Morgan fingerprint density at radius 2 is 1.83 bits per heavy atom. The van der Waals surface area contributed by atoms with Crippen LogP contribution in [0.5, 0.6) is 0 Å². The van der Waals surface area contributed by atoms with Crippen LogP contribution < -0.4 is 10.5 Å². The van der Waals surface area contributed by atoms with Gasteiger partial charge in [0.2, 0.25) is 5.95 Å². The molecule has 0 aliphatic carbocycles. The molecule has 0 spiro atoms. The summed E-state index contributed by atoms with van der Waals surface area (Å²) in [7, 11) is 1.48. The van der Waals surface area contributed by atoms with E-state index in [4.69, 9.17) is 4.74 Å².